The van der Waals surface area contributed by atoms with Gasteiger partial charge in [0.1, 0.15) is 11.5 Å². The predicted octanol–water partition coefficient (Wildman–Crippen LogP) is 4.17. The van der Waals surface area contributed by atoms with Crippen molar-refractivity contribution in [1.29, 1.82) is 0 Å². The second-order valence-electron chi connectivity index (χ2n) is 6.86. The lowest BCUT2D eigenvalue weighted by molar-refractivity contribution is 0.0844. The highest BCUT2D eigenvalue weighted by Crippen LogP contribution is 2.18. The summed E-state index contributed by atoms with van der Waals surface area (Å²) in [6, 6.07) is 23.8. The molecule has 0 saturated heterocycles. The van der Waals surface area contributed by atoms with Gasteiger partial charge in [-0.3, -0.25) is 20.4 Å². The molecule has 0 aromatic heterocycles. The summed E-state index contributed by atoms with van der Waals surface area (Å²) >= 11 is 0. The second-order valence-corrected chi connectivity index (χ2v) is 6.86. The first kappa shape index (κ1) is 21.9. The zero-order valence-corrected chi connectivity index (χ0v) is 17.5. The van der Waals surface area contributed by atoms with E-state index in [0.717, 1.165) is 12.8 Å². The highest BCUT2D eigenvalue weighted by Gasteiger charge is 2.13. The predicted molar refractivity (Wildman–Crippen MR) is 119 cm³/mol. The topological polar surface area (TPSA) is 76.7 Å². The van der Waals surface area contributed by atoms with E-state index in [1.54, 1.807) is 48.5 Å². The quantitative estimate of drug-likeness (QED) is 0.512. The van der Waals surface area contributed by atoms with E-state index >= 15 is 0 Å². The van der Waals surface area contributed by atoms with Crippen LogP contribution in [-0.4, -0.2) is 25.0 Å². The number of carbonyl (C=O) groups excluding carboxylic acids is 2. The van der Waals surface area contributed by atoms with Crippen molar-refractivity contribution in [1.82, 2.24) is 10.9 Å². The second kappa shape index (κ2) is 11.4. The van der Waals surface area contributed by atoms with Crippen LogP contribution in [0.15, 0.2) is 78.9 Å². The third-order valence-electron chi connectivity index (χ3n) is 4.50. The van der Waals surface area contributed by atoms with Crippen LogP contribution in [0.3, 0.4) is 0 Å². The number of ether oxygens (including phenoxy) is 2. The number of para-hydroxylation sites is 1. The molecule has 0 aliphatic heterocycles. The fraction of sp³-hybridized carbons (Fsp3) is 0.200. The van der Waals surface area contributed by atoms with E-state index in [0.29, 0.717) is 35.8 Å². The van der Waals surface area contributed by atoms with Crippen molar-refractivity contribution in [2.45, 2.75) is 19.8 Å². The highest BCUT2D eigenvalue weighted by atomic mass is 16.5. The SMILES string of the molecule is CCCOc1ccccc1C(=O)NNC(=O)c1ccc(OCCc2ccccc2)cc1. The number of hydrazine groups is 1. The van der Waals surface area contributed by atoms with Crippen LogP contribution in [0.1, 0.15) is 39.6 Å². The normalized spacial score (nSPS) is 10.2. The molecule has 160 valence electrons. The van der Waals surface area contributed by atoms with Crippen molar-refractivity contribution in [3.8, 4) is 11.5 Å². The summed E-state index contributed by atoms with van der Waals surface area (Å²) in [7, 11) is 0. The van der Waals surface area contributed by atoms with Crippen molar-refractivity contribution in [2.24, 2.45) is 0 Å². The zero-order chi connectivity index (χ0) is 21.9. The Balaban J connectivity index is 1.49. The van der Waals surface area contributed by atoms with E-state index in [1.165, 1.54) is 5.56 Å². The summed E-state index contributed by atoms with van der Waals surface area (Å²) < 4.78 is 11.3. The number of amides is 2. The van der Waals surface area contributed by atoms with Gasteiger partial charge in [0.15, 0.2) is 0 Å². The Morgan fingerprint density at radius 1 is 0.742 bits per heavy atom. The molecule has 3 aromatic rings. The van der Waals surface area contributed by atoms with Crippen molar-refractivity contribution in [3.63, 3.8) is 0 Å². The smallest absolute Gasteiger partial charge is 0.273 e. The largest absolute Gasteiger partial charge is 0.493 e. The summed E-state index contributed by atoms with van der Waals surface area (Å²) in [6.07, 6.45) is 1.64. The third kappa shape index (κ3) is 6.60. The average molecular weight is 418 g/mol. The summed E-state index contributed by atoms with van der Waals surface area (Å²) in [5, 5.41) is 0. The Kier molecular flexibility index (Phi) is 8.05. The minimum atomic E-state index is -0.444. The molecule has 3 aromatic carbocycles. The standard InChI is InChI=1S/C25H26N2O4/c1-2-17-31-23-11-7-6-10-22(23)25(29)27-26-24(28)20-12-14-21(15-13-20)30-18-16-19-8-4-3-5-9-19/h3-15H,2,16-18H2,1H3,(H,26,28)(H,27,29). The van der Waals surface area contributed by atoms with Crippen molar-refractivity contribution >= 4 is 11.8 Å². The van der Waals surface area contributed by atoms with Gasteiger partial charge >= 0.3 is 0 Å². The number of nitrogens with one attached hydrogen (secondary N) is 2. The molecule has 3 rings (SSSR count). The molecule has 0 saturated carbocycles. The van der Waals surface area contributed by atoms with Crippen LogP contribution in [-0.2, 0) is 6.42 Å². The molecular weight excluding hydrogens is 392 g/mol. The number of rotatable bonds is 9. The first-order valence-corrected chi connectivity index (χ1v) is 10.3. The van der Waals surface area contributed by atoms with E-state index in [-0.39, 0.29) is 0 Å². The Morgan fingerprint density at radius 2 is 1.42 bits per heavy atom. The van der Waals surface area contributed by atoms with Gasteiger partial charge in [-0.1, -0.05) is 49.4 Å². The molecule has 0 unspecified atom stereocenters. The van der Waals surface area contributed by atoms with Crippen LogP contribution in [0.4, 0.5) is 0 Å². The molecule has 0 aliphatic carbocycles. The van der Waals surface area contributed by atoms with Gasteiger partial charge in [0.25, 0.3) is 11.8 Å². The molecule has 0 heterocycles. The molecule has 0 spiro atoms. The van der Waals surface area contributed by atoms with E-state index in [4.69, 9.17) is 9.47 Å². The maximum Gasteiger partial charge on any atom is 0.273 e. The Morgan fingerprint density at radius 3 is 2.16 bits per heavy atom. The van der Waals surface area contributed by atoms with E-state index < -0.39 is 11.8 Å². The van der Waals surface area contributed by atoms with Gasteiger partial charge in [-0.15, -0.1) is 0 Å². The van der Waals surface area contributed by atoms with Gasteiger partial charge in [-0.05, 0) is 48.4 Å². The Hall–Kier alpha value is -3.80. The molecule has 6 heteroatoms. The van der Waals surface area contributed by atoms with Gasteiger partial charge in [0.05, 0.1) is 18.8 Å². The Labute approximate surface area is 182 Å². The van der Waals surface area contributed by atoms with Crippen LogP contribution in [0.25, 0.3) is 0 Å². The van der Waals surface area contributed by atoms with Crippen LogP contribution in [0.2, 0.25) is 0 Å². The molecule has 0 atom stereocenters. The summed E-state index contributed by atoms with van der Waals surface area (Å²) in [5.41, 5.74) is 6.83. The molecule has 0 bridgehead atoms. The van der Waals surface area contributed by atoms with E-state index in [2.05, 4.69) is 23.0 Å². The lowest BCUT2D eigenvalue weighted by Gasteiger charge is -2.12. The lowest BCUT2D eigenvalue weighted by Crippen LogP contribution is -2.41. The average Bonchev–Trinajstić information content (AvgIpc) is 2.82. The Bertz CT molecular complexity index is 988. The molecule has 0 radical (unpaired) electrons. The summed E-state index contributed by atoms with van der Waals surface area (Å²) in [5.74, 6) is 0.295. The molecule has 2 N–H and O–H groups in total. The first-order chi connectivity index (χ1) is 15.2. The van der Waals surface area contributed by atoms with Crippen LogP contribution < -0.4 is 20.3 Å². The molecule has 0 aliphatic rings. The van der Waals surface area contributed by atoms with E-state index in [1.807, 2.05) is 25.1 Å². The van der Waals surface area contributed by atoms with Gasteiger partial charge in [0.2, 0.25) is 0 Å². The van der Waals surface area contributed by atoms with E-state index in [9.17, 15) is 9.59 Å². The first-order valence-electron chi connectivity index (χ1n) is 10.3. The highest BCUT2D eigenvalue weighted by molar-refractivity contribution is 6.00. The van der Waals surface area contributed by atoms with Gasteiger partial charge < -0.3 is 9.47 Å². The van der Waals surface area contributed by atoms with Crippen LogP contribution in [0, 0.1) is 0 Å². The maximum absolute atomic E-state index is 12.4. The molecule has 0 fully saturated rings. The number of carbonyl (C=O) groups is 2. The third-order valence-corrected chi connectivity index (χ3v) is 4.50. The zero-order valence-electron chi connectivity index (χ0n) is 17.5. The summed E-state index contributed by atoms with van der Waals surface area (Å²) in [6.45, 7) is 3.05. The maximum atomic E-state index is 12.4. The number of hydrogen-bond donors (Lipinski definition) is 2. The minimum absolute atomic E-state index is 0.360. The molecule has 2 amide bonds. The number of hydrogen-bond acceptors (Lipinski definition) is 4. The molecule has 31 heavy (non-hydrogen) atoms. The van der Waals surface area contributed by atoms with Crippen molar-refractivity contribution in [2.75, 3.05) is 13.2 Å². The van der Waals surface area contributed by atoms with Crippen LogP contribution in [0.5, 0.6) is 11.5 Å². The fourth-order valence-electron chi connectivity index (χ4n) is 2.88. The van der Waals surface area contributed by atoms with Crippen LogP contribution >= 0.6 is 0 Å². The molecular formula is C25H26N2O4. The van der Waals surface area contributed by atoms with Crippen molar-refractivity contribution < 1.29 is 19.1 Å². The minimum Gasteiger partial charge on any atom is -0.493 e. The molecule has 6 nitrogen and oxygen atoms in total. The number of benzene rings is 3. The van der Waals surface area contributed by atoms with Gasteiger partial charge in [-0.25, -0.2) is 0 Å². The van der Waals surface area contributed by atoms with Gasteiger partial charge in [0, 0.05) is 12.0 Å². The van der Waals surface area contributed by atoms with Crippen molar-refractivity contribution in [3.05, 3.63) is 95.6 Å². The lowest BCUT2D eigenvalue weighted by atomic mass is 10.2. The monoisotopic (exact) mass is 418 g/mol. The summed E-state index contributed by atoms with van der Waals surface area (Å²) in [4.78, 5) is 24.8. The fourth-order valence-corrected chi connectivity index (χ4v) is 2.88. The van der Waals surface area contributed by atoms with Gasteiger partial charge in [-0.2, -0.15) is 0 Å².